The zero-order valence-corrected chi connectivity index (χ0v) is 10.1. The predicted octanol–water partition coefficient (Wildman–Crippen LogP) is -0.958. The van der Waals surface area contributed by atoms with E-state index < -0.39 is 5.97 Å². The molecule has 0 spiro atoms. The average Bonchev–Trinajstić information content (AvgIpc) is 2.27. The second kappa shape index (κ2) is 10.3. The first-order chi connectivity index (χ1) is 8.52. The van der Waals surface area contributed by atoms with E-state index in [9.17, 15) is 14.4 Å². The number of carbonyl (C=O) groups excluding carboxylic acids is 2. The Kier molecular flexibility index (Phi) is 9.28. The lowest BCUT2D eigenvalue weighted by atomic mass is 10.2. The lowest BCUT2D eigenvalue weighted by Gasteiger charge is -2.07. The van der Waals surface area contributed by atoms with Crippen molar-refractivity contribution in [2.24, 2.45) is 5.73 Å². The van der Waals surface area contributed by atoms with Crippen LogP contribution in [-0.2, 0) is 14.3 Å². The molecular formula is C10H19N3O5. The molecule has 0 rings (SSSR count). The summed E-state index contributed by atoms with van der Waals surface area (Å²) in [7, 11) is 0. The van der Waals surface area contributed by atoms with Crippen LogP contribution in [0.2, 0.25) is 0 Å². The molecule has 0 saturated heterocycles. The summed E-state index contributed by atoms with van der Waals surface area (Å²) in [5.74, 6) is -1.40. The van der Waals surface area contributed by atoms with E-state index in [2.05, 4.69) is 10.6 Å². The van der Waals surface area contributed by atoms with E-state index >= 15 is 0 Å². The molecule has 0 aliphatic heterocycles. The van der Waals surface area contributed by atoms with Crippen LogP contribution in [-0.4, -0.2) is 49.3 Å². The van der Waals surface area contributed by atoms with Crippen molar-refractivity contribution in [3.63, 3.8) is 0 Å². The molecule has 0 aromatic heterocycles. The van der Waals surface area contributed by atoms with E-state index in [1.807, 2.05) is 0 Å². The summed E-state index contributed by atoms with van der Waals surface area (Å²) in [6, 6.07) is -0.354. The highest BCUT2D eigenvalue weighted by Crippen LogP contribution is 1.91. The lowest BCUT2D eigenvalue weighted by molar-refractivity contribution is -0.142. The Labute approximate surface area is 105 Å². The van der Waals surface area contributed by atoms with Crippen molar-refractivity contribution in [1.29, 1.82) is 0 Å². The molecule has 0 saturated carbocycles. The molecule has 0 bridgehead atoms. The largest absolute Gasteiger partial charge is 0.480 e. The van der Waals surface area contributed by atoms with Gasteiger partial charge in [0.15, 0.2) is 0 Å². The Morgan fingerprint density at radius 2 is 1.78 bits per heavy atom. The highest BCUT2D eigenvalue weighted by molar-refractivity contribution is 5.74. The number of nitrogens with one attached hydrogen (secondary N) is 2. The summed E-state index contributed by atoms with van der Waals surface area (Å²) in [6.45, 7) is 0.452. The fraction of sp³-hybridized carbons (Fsp3) is 0.700. The van der Waals surface area contributed by atoms with Gasteiger partial charge < -0.3 is 26.2 Å². The highest BCUT2D eigenvalue weighted by atomic mass is 16.5. The first-order valence-corrected chi connectivity index (χ1v) is 5.62. The number of hydrogen-bond donors (Lipinski definition) is 4. The molecule has 18 heavy (non-hydrogen) atoms. The number of carbonyl (C=O) groups is 3. The lowest BCUT2D eigenvalue weighted by Crippen LogP contribution is -2.38. The molecule has 0 aliphatic rings. The minimum absolute atomic E-state index is 0.140. The average molecular weight is 261 g/mol. The van der Waals surface area contributed by atoms with Crippen molar-refractivity contribution in [3.8, 4) is 0 Å². The Morgan fingerprint density at radius 3 is 2.39 bits per heavy atom. The summed E-state index contributed by atoms with van der Waals surface area (Å²) in [6.07, 6.45) is 1.62. The van der Waals surface area contributed by atoms with E-state index in [0.717, 1.165) is 0 Å². The maximum atomic E-state index is 11.2. The number of urea groups is 1. The third kappa shape index (κ3) is 12.2. The molecule has 0 fully saturated rings. The maximum absolute atomic E-state index is 11.2. The van der Waals surface area contributed by atoms with Gasteiger partial charge in [0.2, 0.25) is 5.91 Å². The molecule has 8 heteroatoms. The van der Waals surface area contributed by atoms with Gasteiger partial charge in [0.05, 0.1) is 6.61 Å². The van der Waals surface area contributed by atoms with Crippen molar-refractivity contribution in [2.75, 3.05) is 26.3 Å². The third-order valence-electron chi connectivity index (χ3n) is 1.89. The minimum atomic E-state index is -1.05. The van der Waals surface area contributed by atoms with E-state index in [1.54, 1.807) is 0 Å². The van der Waals surface area contributed by atoms with Crippen LogP contribution in [0.4, 0.5) is 4.79 Å². The number of rotatable bonds is 10. The van der Waals surface area contributed by atoms with Gasteiger partial charge in [0.25, 0.3) is 0 Å². The molecule has 0 aliphatic carbocycles. The molecule has 0 aromatic rings. The van der Waals surface area contributed by atoms with Crippen molar-refractivity contribution >= 4 is 17.9 Å². The van der Waals surface area contributed by atoms with Crippen molar-refractivity contribution < 1.29 is 24.2 Å². The number of unbranched alkanes of at least 4 members (excludes halogenated alkanes) is 1. The van der Waals surface area contributed by atoms with Crippen molar-refractivity contribution in [1.82, 2.24) is 10.6 Å². The van der Waals surface area contributed by atoms with Crippen LogP contribution in [0.3, 0.4) is 0 Å². The molecule has 0 atom stereocenters. The summed E-state index contributed by atoms with van der Waals surface area (Å²) < 4.78 is 4.72. The Hall–Kier alpha value is -1.83. The molecule has 0 aromatic carbocycles. The standard InChI is InChI=1S/C10H19N3O5/c11-8(14)3-1-2-4-12-10(17)13-5-6-18-7-9(15)16/h1-7H2,(H2,11,14)(H,15,16)(H2,12,13,17). The Morgan fingerprint density at radius 1 is 1.11 bits per heavy atom. The van der Waals surface area contributed by atoms with Crippen LogP contribution < -0.4 is 16.4 Å². The van der Waals surface area contributed by atoms with E-state index in [0.29, 0.717) is 25.8 Å². The topological polar surface area (TPSA) is 131 Å². The van der Waals surface area contributed by atoms with Crippen LogP contribution in [0.25, 0.3) is 0 Å². The summed E-state index contributed by atoms with van der Waals surface area (Å²) in [5, 5.41) is 13.3. The number of carboxylic acid groups (broad SMARTS) is 1. The zero-order chi connectivity index (χ0) is 13.8. The Balaban J connectivity index is 3.27. The SMILES string of the molecule is NC(=O)CCCCNC(=O)NCCOCC(=O)O. The first kappa shape index (κ1) is 16.2. The fourth-order valence-corrected chi connectivity index (χ4v) is 1.08. The van der Waals surface area contributed by atoms with Crippen LogP contribution in [0.15, 0.2) is 0 Å². The highest BCUT2D eigenvalue weighted by Gasteiger charge is 2.00. The van der Waals surface area contributed by atoms with Crippen LogP contribution in [0, 0.1) is 0 Å². The first-order valence-electron chi connectivity index (χ1n) is 5.62. The fourth-order valence-electron chi connectivity index (χ4n) is 1.08. The number of primary amides is 1. The van der Waals surface area contributed by atoms with Gasteiger partial charge in [-0.15, -0.1) is 0 Å². The number of amides is 3. The zero-order valence-electron chi connectivity index (χ0n) is 10.1. The van der Waals surface area contributed by atoms with Crippen molar-refractivity contribution in [2.45, 2.75) is 19.3 Å². The maximum Gasteiger partial charge on any atom is 0.329 e. The second-order valence-corrected chi connectivity index (χ2v) is 3.55. The summed E-state index contributed by atoms with van der Waals surface area (Å²) in [4.78, 5) is 31.7. The quantitative estimate of drug-likeness (QED) is 0.376. The monoisotopic (exact) mass is 261 g/mol. The molecule has 0 radical (unpaired) electrons. The molecule has 0 heterocycles. The summed E-state index contributed by atoms with van der Waals surface area (Å²) in [5.41, 5.74) is 4.96. The van der Waals surface area contributed by atoms with Crippen molar-refractivity contribution in [3.05, 3.63) is 0 Å². The number of carboxylic acids is 1. The van der Waals surface area contributed by atoms with Crippen LogP contribution in [0.1, 0.15) is 19.3 Å². The van der Waals surface area contributed by atoms with E-state index in [4.69, 9.17) is 15.6 Å². The van der Waals surface area contributed by atoms with Gasteiger partial charge >= 0.3 is 12.0 Å². The normalized spacial score (nSPS) is 9.78. The molecule has 8 nitrogen and oxygen atoms in total. The number of nitrogens with two attached hydrogens (primary N) is 1. The van der Waals surface area contributed by atoms with Gasteiger partial charge in [0, 0.05) is 19.5 Å². The second-order valence-electron chi connectivity index (χ2n) is 3.55. The van der Waals surface area contributed by atoms with Gasteiger partial charge in [-0.3, -0.25) is 4.79 Å². The smallest absolute Gasteiger partial charge is 0.329 e. The van der Waals surface area contributed by atoms with Gasteiger partial charge in [-0.25, -0.2) is 9.59 Å². The van der Waals surface area contributed by atoms with Gasteiger partial charge in [-0.1, -0.05) is 0 Å². The van der Waals surface area contributed by atoms with Crippen LogP contribution in [0.5, 0.6) is 0 Å². The van der Waals surface area contributed by atoms with E-state index in [-0.39, 0.29) is 31.7 Å². The molecule has 3 amide bonds. The minimum Gasteiger partial charge on any atom is -0.480 e. The van der Waals surface area contributed by atoms with E-state index in [1.165, 1.54) is 0 Å². The van der Waals surface area contributed by atoms with Gasteiger partial charge in [-0.2, -0.15) is 0 Å². The molecule has 104 valence electrons. The van der Waals surface area contributed by atoms with Gasteiger partial charge in [-0.05, 0) is 12.8 Å². The molecule has 5 N–H and O–H groups in total. The molecular weight excluding hydrogens is 242 g/mol. The Bertz CT molecular complexity index is 257. The predicted molar refractivity (Wildman–Crippen MR) is 62.9 cm³/mol. The third-order valence-corrected chi connectivity index (χ3v) is 1.89. The number of aliphatic carboxylic acids is 1. The summed E-state index contributed by atoms with van der Waals surface area (Å²) >= 11 is 0. The molecule has 0 unspecified atom stereocenters. The van der Waals surface area contributed by atoms with Crippen LogP contribution >= 0.6 is 0 Å². The number of hydrogen-bond acceptors (Lipinski definition) is 4. The van der Waals surface area contributed by atoms with Gasteiger partial charge in [0.1, 0.15) is 6.61 Å². The number of ether oxygens (including phenoxy) is 1.